The summed E-state index contributed by atoms with van der Waals surface area (Å²) in [5, 5.41) is 12.5. The lowest BCUT2D eigenvalue weighted by Crippen LogP contribution is -3.05. The number of halogens is 1. The summed E-state index contributed by atoms with van der Waals surface area (Å²) in [7, 11) is 4.20. The van der Waals surface area contributed by atoms with Crippen molar-refractivity contribution in [1.29, 1.82) is 0 Å². The number of carbonyl (C=O) groups is 1. The lowest BCUT2D eigenvalue weighted by molar-refractivity contribution is -0.858. The Bertz CT molecular complexity index is 1090. The Labute approximate surface area is 184 Å². The average molecular weight is 442 g/mol. The molecule has 1 saturated heterocycles. The van der Waals surface area contributed by atoms with Crippen molar-refractivity contribution in [3.8, 4) is 22.6 Å². The predicted molar refractivity (Wildman–Crippen MR) is 114 cm³/mol. The summed E-state index contributed by atoms with van der Waals surface area (Å²) in [6.45, 7) is 2.54. The van der Waals surface area contributed by atoms with E-state index >= 15 is 0 Å². The number of hydrogen-bond acceptors (Lipinski definition) is 6. The largest absolute Gasteiger partial charge is 0.438 e. The van der Waals surface area contributed by atoms with Gasteiger partial charge in [-0.1, -0.05) is 6.07 Å². The van der Waals surface area contributed by atoms with Crippen molar-refractivity contribution in [2.75, 3.05) is 38.6 Å². The first-order valence-corrected chi connectivity index (χ1v) is 10.5. The summed E-state index contributed by atoms with van der Waals surface area (Å²) in [6, 6.07) is 8.16. The smallest absolute Gasteiger partial charge is 0.414 e. The number of aryl methyl sites for hydroxylation is 1. The van der Waals surface area contributed by atoms with Crippen LogP contribution in [0.25, 0.3) is 22.6 Å². The van der Waals surface area contributed by atoms with E-state index in [0.717, 1.165) is 13.0 Å². The molecule has 1 fully saturated rings. The standard InChI is InChI=1S/C21H25FN8O2/c1-28(2)8-3-9-30-26-20(25-27-30)19-7-4-14(12-24-19)17-6-5-15(10-18(17)22)29-13-16(11-23)32-21(29)31/h4-7,10,12,16H,3,8-9,11,13,23H2,1-2H3/p+2/t16-/m0/s1. The van der Waals surface area contributed by atoms with Gasteiger partial charge in [-0.05, 0) is 29.5 Å². The number of tetrazole rings is 1. The van der Waals surface area contributed by atoms with Crippen LogP contribution in [-0.2, 0) is 11.3 Å². The van der Waals surface area contributed by atoms with Crippen molar-refractivity contribution in [3.05, 3.63) is 42.3 Å². The number of nitrogens with one attached hydrogen (secondary N) is 1. The number of cyclic esters (lactones) is 1. The molecule has 1 aromatic carbocycles. The minimum atomic E-state index is -0.486. The van der Waals surface area contributed by atoms with Gasteiger partial charge >= 0.3 is 6.09 Å². The number of amides is 1. The molecule has 1 aliphatic heterocycles. The highest BCUT2D eigenvalue weighted by Crippen LogP contribution is 2.29. The summed E-state index contributed by atoms with van der Waals surface area (Å²) < 4.78 is 20.0. The van der Waals surface area contributed by atoms with Crippen LogP contribution in [0.3, 0.4) is 0 Å². The van der Waals surface area contributed by atoms with Crippen molar-refractivity contribution >= 4 is 11.8 Å². The van der Waals surface area contributed by atoms with Gasteiger partial charge in [0.25, 0.3) is 0 Å². The number of nitrogens with zero attached hydrogens (tertiary/aromatic N) is 6. The minimum absolute atomic E-state index is 0.275. The van der Waals surface area contributed by atoms with Gasteiger partial charge in [-0.3, -0.25) is 9.88 Å². The summed E-state index contributed by atoms with van der Waals surface area (Å²) >= 11 is 0. The van der Waals surface area contributed by atoms with Gasteiger partial charge in [0.15, 0.2) is 6.10 Å². The van der Waals surface area contributed by atoms with E-state index in [-0.39, 0.29) is 6.10 Å². The Kier molecular flexibility index (Phi) is 6.37. The number of hydrogen-bond donors (Lipinski definition) is 2. The fourth-order valence-electron chi connectivity index (χ4n) is 3.49. The van der Waals surface area contributed by atoms with E-state index in [4.69, 9.17) is 4.74 Å². The van der Waals surface area contributed by atoms with E-state index in [1.165, 1.54) is 15.9 Å². The number of anilines is 1. The van der Waals surface area contributed by atoms with E-state index in [1.807, 2.05) is 0 Å². The Morgan fingerprint density at radius 3 is 2.78 bits per heavy atom. The number of quaternary nitrogens is 2. The zero-order valence-corrected chi connectivity index (χ0v) is 18.2. The molecule has 10 nitrogen and oxygen atoms in total. The van der Waals surface area contributed by atoms with Gasteiger partial charge < -0.3 is 15.4 Å². The molecule has 32 heavy (non-hydrogen) atoms. The first kappa shape index (κ1) is 21.8. The van der Waals surface area contributed by atoms with Crippen molar-refractivity contribution in [2.45, 2.75) is 19.1 Å². The maximum atomic E-state index is 14.8. The fourth-order valence-corrected chi connectivity index (χ4v) is 3.49. The number of aromatic nitrogens is 5. The third kappa shape index (κ3) is 4.73. The zero-order valence-electron chi connectivity index (χ0n) is 18.2. The molecule has 0 spiro atoms. The van der Waals surface area contributed by atoms with Crippen LogP contribution >= 0.6 is 0 Å². The first-order chi connectivity index (χ1) is 15.4. The molecule has 3 heterocycles. The second-order valence-electron chi connectivity index (χ2n) is 8.02. The second kappa shape index (κ2) is 9.37. The van der Waals surface area contributed by atoms with Crippen molar-refractivity contribution in [3.63, 3.8) is 0 Å². The van der Waals surface area contributed by atoms with Gasteiger partial charge in [0.05, 0.1) is 39.4 Å². The molecular formula is C21H27FN8O2+2. The molecule has 3 aromatic rings. The highest BCUT2D eigenvalue weighted by Gasteiger charge is 2.32. The van der Waals surface area contributed by atoms with Gasteiger partial charge in [0.2, 0.25) is 5.82 Å². The van der Waals surface area contributed by atoms with Crippen LogP contribution in [0.5, 0.6) is 0 Å². The fraction of sp³-hybridized carbons (Fsp3) is 0.381. The third-order valence-electron chi connectivity index (χ3n) is 5.25. The lowest BCUT2D eigenvalue weighted by atomic mass is 10.1. The average Bonchev–Trinajstić information content (AvgIpc) is 3.40. The van der Waals surface area contributed by atoms with Gasteiger partial charge in [0, 0.05) is 23.7 Å². The summed E-state index contributed by atoms with van der Waals surface area (Å²) in [5.74, 6) is -0.0212. The molecule has 1 atom stereocenters. The van der Waals surface area contributed by atoms with Crippen LogP contribution < -0.4 is 15.5 Å². The van der Waals surface area contributed by atoms with Crippen LogP contribution in [0.2, 0.25) is 0 Å². The molecule has 4 N–H and O–H groups in total. The Morgan fingerprint density at radius 2 is 2.12 bits per heavy atom. The monoisotopic (exact) mass is 442 g/mol. The van der Waals surface area contributed by atoms with Gasteiger partial charge in [-0.2, -0.15) is 4.80 Å². The van der Waals surface area contributed by atoms with Crippen molar-refractivity contribution in [2.24, 2.45) is 0 Å². The molecule has 0 saturated carbocycles. The number of carbonyl (C=O) groups excluding carboxylic acids is 1. The Morgan fingerprint density at radius 1 is 1.28 bits per heavy atom. The Hall–Kier alpha value is -3.44. The van der Waals surface area contributed by atoms with Crippen LogP contribution in [0, 0.1) is 5.82 Å². The van der Waals surface area contributed by atoms with E-state index in [1.54, 1.807) is 35.3 Å². The summed E-state index contributed by atoms with van der Waals surface area (Å²) in [6.07, 6.45) is 1.76. The molecule has 0 radical (unpaired) electrons. The first-order valence-electron chi connectivity index (χ1n) is 10.5. The quantitative estimate of drug-likeness (QED) is 0.492. The molecule has 4 rings (SSSR count). The van der Waals surface area contributed by atoms with E-state index in [2.05, 4.69) is 40.2 Å². The van der Waals surface area contributed by atoms with Crippen LogP contribution in [-0.4, -0.2) is 71.1 Å². The highest BCUT2D eigenvalue weighted by molar-refractivity contribution is 5.90. The van der Waals surface area contributed by atoms with Crippen LogP contribution in [0.1, 0.15) is 6.42 Å². The number of rotatable bonds is 8. The number of benzene rings is 1. The predicted octanol–water partition coefficient (Wildman–Crippen LogP) is -0.357. The van der Waals surface area contributed by atoms with Crippen LogP contribution in [0.4, 0.5) is 14.9 Å². The van der Waals surface area contributed by atoms with Gasteiger partial charge in [0.1, 0.15) is 18.1 Å². The molecule has 0 bridgehead atoms. The number of ether oxygens (including phenoxy) is 1. The normalized spacial score (nSPS) is 16.1. The van der Waals surface area contributed by atoms with E-state index in [0.29, 0.717) is 48.0 Å². The third-order valence-corrected chi connectivity index (χ3v) is 5.25. The zero-order chi connectivity index (χ0) is 22.7. The number of pyridine rings is 1. The molecular weight excluding hydrogens is 415 g/mol. The molecule has 11 heteroatoms. The maximum absolute atomic E-state index is 14.8. The minimum Gasteiger partial charge on any atom is -0.438 e. The van der Waals surface area contributed by atoms with E-state index < -0.39 is 11.9 Å². The van der Waals surface area contributed by atoms with Crippen LogP contribution in [0.15, 0.2) is 36.5 Å². The highest BCUT2D eigenvalue weighted by atomic mass is 19.1. The molecule has 2 aromatic heterocycles. The molecule has 1 aliphatic rings. The molecule has 0 unspecified atom stereocenters. The second-order valence-corrected chi connectivity index (χ2v) is 8.02. The Balaban J connectivity index is 1.46. The SMILES string of the molecule is C[NH+](C)CCCn1nnc(-c2ccc(-c3ccc(N4C[C@H](C[NH3+])OC4=O)cc3F)cn2)n1. The maximum Gasteiger partial charge on any atom is 0.414 e. The van der Waals surface area contributed by atoms with Gasteiger partial charge in [-0.15, -0.1) is 10.2 Å². The molecule has 1 amide bonds. The van der Waals surface area contributed by atoms with Crippen molar-refractivity contribution in [1.82, 2.24) is 25.2 Å². The van der Waals surface area contributed by atoms with E-state index in [9.17, 15) is 9.18 Å². The summed E-state index contributed by atoms with van der Waals surface area (Å²) in [4.78, 5) is 20.7. The molecule has 0 aliphatic carbocycles. The lowest BCUT2D eigenvalue weighted by Gasteiger charge is -2.14. The van der Waals surface area contributed by atoms with Gasteiger partial charge in [-0.25, -0.2) is 9.18 Å². The topological polar surface area (TPSA) is 118 Å². The molecule has 168 valence electrons. The van der Waals surface area contributed by atoms with Crippen molar-refractivity contribution < 1.29 is 24.6 Å². The summed E-state index contributed by atoms with van der Waals surface area (Å²) in [5.41, 5.74) is 5.76.